The van der Waals surface area contributed by atoms with Crippen LogP contribution in [-0.2, 0) is 9.84 Å². The Morgan fingerprint density at radius 1 is 1.26 bits per heavy atom. The first-order chi connectivity index (χ1) is 8.75. The number of nitrogens with one attached hydrogen (secondary N) is 1. The van der Waals surface area contributed by atoms with Crippen molar-refractivity contribution in [3.8, 4) is 5.75 Å². The van der Waals surface area contributed by atoms with Gasteiger partial charge in [-0.1, -0.05) is 12.1 Å². The van der Waals surface area contributed by atoms with E-state index in [2.05, 4.69) is 10.1 Å². The molecule has 1 N–H and O–H groups in total. The number of hydrogen-bond acceptors (Lipinski definition) is 4. The van der Waals surface area contributed by atoms with Crippen LogP contribution in [0.4, 0.5) is 18.9 Å². The Bertz CT molecular complexity index is 557. The lowest BCUT2D eigenvalue weighted by molar-refractivity contribution is -0.274. The van der Waals surface area contributed by atoms with E-state index in [0.717, 1.165) is 0 Å². The fraction of sp³-hybridized carbons (Fsp3) is 0.455. The van der Waals surface area contributed by atoms with Gasteiger partial charge in [-0.3, -0.25) is 0 Å². The highest BCUT2D eigenvalue weighted by molar-refractivity contribution is 7.91. The van der Waals surface area contributed by atoms with E-state index in [1.807, 2.05) is 0 Å². The largest absolute Gasteiger partial charge is 0.573 e. The second-order valence-corrected chi connectivity index (χ2v) is 6.52. The van der Waals surface area contributed by atoms with Crippen molar-refractivity contribution in [2.45, 2.75) is 18.8 Å². The highest BCUT2D eigenvalue weighted by Gasteiger charge is 2.33. The number of sulfone groups is 1. The summed E-state index contributed by atoms with van der Waals surface area (Å²) in [6, 6.07) is 5.18. The summed E-state index contributed by atoms with van der Waals surface area (Å²) in [7, 11) is -3.09. The third kappa shape index (κ3) is 4.02. The van der Waals surface area contributed by atoms with E-state index in [1.54, 1.807) is 6.07 Å². The van der Waals surface area contributed by atoms with Crippen LogP contribution < -0.4 is 10.1 Å². The number of alkyl halides is 3. The molecule has 1 aliphatic heterocycles. The molecule has 0 saturated carbocycles. The van der Waals surface area contributed by atoms with E-state index in [9.17, 15) is 21.6 Å². The average Bonchev–Trinajstić information content (AvgIpc) is 2.59. The zero-order valence-electron chi connectivity index (χ0n) is 9.77. The van der Waals surface area contributed by atoms with Crippen LogP contribution in [0.1, 0.15) is 6.42 Å². The molecule has 0 spiro atoms. The zero-order valence-corrected chi connectivity index (χ0v) is 10.6. The van der Waals surface area contributed by atoms with Crippen LogP contribution in [-0.4, -0.2) is 32.3 Å². The molecule has 0 amide bonds. The zero-order chi connectivity index (χ0) is 14.1. The van der Waals surface area contributed by atoms with Gasteiger partial charge >= 0.3 is 6.36 Å². The molecule has 19 heavy (non-hydrogen) atoms. The Kier molecular flexibility index (Phi) is 3.62. The van der Waals surface area contributed by atoms with E-state index < -0.39 is 16.2 Å². The predicted molar refractivity (Wildman–Crippen MR) is 63.8 cm³/mol. The van der Waals surface area contributed by atoms with Crippen molar-refractivity contribution < 1.29 is 26.3 Å². The molecule has 1 aromatic rings. The van der Waals surface area contributed by atoms with Crippen molar-refractivity contribution in [3.05, 3.63) is 24.3 Å². The lowest BCUT2D eigenvalue weighted by atomic mass is 10.2. The third-order valence-corrected chi connectivity index (χ3v) is 4.47. The highest BCUT2D eigenvalue weighted by atomic mass is 32.2. The maximum atomic E-state index is 12.2. The lowest BCUT2D eigenvalue weighted by Crippen LogP contribution is -2.23. The van der Waals surface area contributed by atoms with Gasteiger partial charge in [-0.25, -0.2) is 8.42 Å². The molecule has 1 fully saturated rings. The fourth-order valence-electron chi connectivity index (χ4n) is 1.93. The number of anilines is 1. The first kappa shape index (κ1) is 14.0. The average molecular weight is 295 g/mol. The quantitative estimate of drug-likeness (QED) is 0.928. The molecule has 106 valence electrons. The van der Waals surface area contributed by atoms with Crippen molar-refractivity contribution >= 4 is 15.5 Å². The topological polar surface area (TPSA) is 55.4 Å². The van der Waals surface area contributed by atoms with Gasteiger partial charge in [-0.2, -0.15) is 0 Å². The summed E-state index contributed by atoms with van der Waals surface area (Å²) in [4.78, 5) is 0. The molecular formula is C11H12F3NO3S. The molecule has 1 saturated heterocycles. The smallest absolute Gasteiger partial charge is 0.404 e. The van der Waals surface area contributed by atoms with Gasteiger partial charge in [0.2, 0.25) is 0 Å². The molecule has 1 atom stereocenters. The first-order valence-electron chi connectivity index (χ1n) is 5.57. The van der Waals surface area contributed by atoms with Gasteiger partial charge in [0, 0.05) is 6.04 Å². The molecule has 2 rings (SSSR count). The molecular weight excluding hydrogens is 283 g/mol. The Balaban J connectivity index is 2.12. The summed E-state index contributed by atoms with van der Waals surface area (Å²) < 4.78 is 63.1. The number of para-hydroxylation sites is 2. The van der Waals surface area contributed by atoms with Crippen molar-refractivity contribution in [1.82, 2.24) is 0 Å². The second kappa shape index (κ2) is 4.92. The van der Waals surface area contributed by atoms with Gasteiger partial charge in [0.25, 0.3) is 0 Å². The van der Waals surface area contributed by atoms with Gasteiger partial charge in [0.05, 0.1) is 17.2 Å². The number of rotatable bonds is 3. The van der Waals surface area contributed by atoms with Gasteiger partial charge in [-0.05, 0) is 18.6 Å². The van der Waals surface area contributed by atoms with Crippen molar-refractivity contribution in [1.29, 1.82) is 0 Å². The lowest BCUT2D eigenvalue weighted by Gasteiger charge is -2.17. The summed E-state index contributed by atoms with van der Waals surface area (Å²) in [5.74, 6) is -0.389. The maximum Gasteiger partial charge on any atom is 0.573 e. The number of halogens is 3. The summed E-state index contributed by atoms with van der Waals surface area (Å²) in [5.41, 5.74) is 0.141. The number of ether oxygens (including phenoxy) is 1. The summed E-state index contributed by atoms with van der Waals surface area (Å²) in [5, 5.41) is 2.78. The maximum absolute atomic E-state index is 12.2. The molecule has 0 bridgehead atoms. The first-order valence-corrected chi connectivity index (χ1v) is 7.39. The second-order valence-electron chi connectivity index (χ2n) is 4.29. The van der Waals surface area contributed by atoms with E-state index in [1.165, 1.54) is 18.2 Å². The van der Waals surface area contributed by atoms with Crippen molar-refractivity contribution in [2.75, 3.05) is 16.8 Å². The molecule has 1 aliphatic rings. The van der Waals surface area contributed by atoms with Crippen LogP contribution in [0.15, 0.2) is 24.3 Å². The number of benzene rings is 1. The Hall–Kier alpha value is -1.44. The van der Waals surface area contributed by atoms with Gasteiger partial charge in [-0.15, -0.1) is 13.2 Å². The summed E-state index contributed by atoms with van der Waals surface area (Å²) >= 11 is 0. The predicted octanol–water partition coefficient (Wildman–Crippen LogP) is 2.18. The monoisotopic (exact) mass is 295 g/mol. The van der Waals surface area contributed by atoms with Crippen LogP contribution >= 0.6 is 0 Å². The number of hydrogen-bond donors (Lipinski definition) is 1. The minimum absolute atomic E-state index is 0.0486. The molecule has 0 radical (unpaired) electrons. The van der Waals surface area contributed by atoms with Crippen LogP contribution in [0.2, 0.25) is 0 Å². The van der Waals surface area contributed by atoms with E-state index in [-0.39, 0.29) is 29.0 Å². The fourth-order valence-corrected chi connectivity index (χ4v) is 3.60. The van der Waals surface area contributed by atoms with E-state index in [4.69, 9.17) is 0 Å². The molecule has 0 aromatic heterocycles. The van der Waals surface area contributed by atoms with Crippen LogP contribution in [0.3, 0.4) is 0 Å². The Morgan fingerprint density at radius 3 is 2.53 bits per heavy atom. The molecule has 0 aliphatic carbocycles. The normalized spacial score (nSPS) is 22.2. The molecule has 4 nitrogen and oxygen atoms in total. The standard InChI is InChI=1S/C11H12F3NO3S/c12-11(13,14)18-10-4-2-1-3-9(10)15-8-5-6-19(16,17)7-8/h1-4,8,15H,5-7H2. The van der Waals surface area contributed by atoms with E-state index >= 15 is 0 Å². The minimum Gasteiger partial charge on any atom is -0.404 e. The van der Waals surface area contributed by atoms with Crippen LogP contribution in [0.25, 0.3) is 0 Å². The van der Waals surface area contributed by atoms with Crippen LogP contribution in [0, 0.1) is 0 Å². The minimum atomic E-state index is -4.78. The highest BCUT2D eigenvalue weighted by Crippen LogP contribution is 2.31. The van der Waals surface area contributed by atoms with Crippen molar-refractivity contribution in [2.24, 2.45) is 0 Å². The summed E-state index contributed by atoms with van der Waals surface area (Å²) in [6.45, 7) is 0. The van der Waals surface area contributed by atoms with Gasteiger partial charge in [0.15, 0.2) is 15.6 Å². The van der Waals surface area contributed by atoms with E-state index in [0.29, 0.717) is 6.42 Å². The van der Waals surface area contributed by atoms with Crippen LogP contribution in [0.5, 0.6) is 5.75 Å². The van der Waals surface area contributed by atoms with Gasteiger partial charge < -0.3 is 10.1 Å². The Labute approximate surface area is 108 Å². The van der Waals surface area contributed by atoms with Crippen molar-refractivity contribution in [3.63, 3.8) is 0 Å². The Morgan fingerprint density at radius 2 is 1.95 bits per heavy atom. The molecule has 8 heteroatoms. The summed E-state index contributed by atoms with van der Waals surface area (Å²) in [6.07, 6.45) is -4.40. The molecule has 1 unspecified atom stereocenters. The SMILES string of the molecule is O=S1(=O)CCC(Nc2ccccc2OC(F)(F)F)C1. The molecule has 1 heterocycles. The third-order valence-electron chi connectivity index (χ3n) is 2.70. The van der Waals surface area contributed by atoms with Gasteiger partial charge in [0.1, 0.15) is 0 Å². The molecule has 1 aromatic carbocycles.